The highest BCUT2D eigenvalue weighted by Crippen LogP contribution is 2.19. The van der Waals surface area contributed by atoms with E-state index in [1.807, 2.05) is 31.2 Å². The van der Waals surface area contributed by atoms with Crippen molar-refractivity contribution in [2.24, 2.45) is 0 Å². The summed E-state index contributed by atoms with van der Waals surface area (Å²) in [6, 6.07) is 16.2. The maximum absolute atomic E-state index is 11.9. The first-order valence-corrected chi connectivity index (χ1v) is 8.44. The molecular formula is C21H20N2O4. The summed E-state index contributed by atoms with van der Waals surface area (Å²) in [4.78, 5) is 23.7. The first-order valence-electron chi connectivity index (χ1n) is 8.44. The topological polar surface area (TPSA) is 88.4 Å². The van der Waals surface area contributed by atoms with Gasteiger partial charge in [0.05, 0.1) is 19.1 Å². The summed E-state index contributed by atoms with van der Waals surface area (Å²) in [6.07, 6.45) is 3.14. The third kappa shape index (κ3) is 6.67. The Hall–Kier alpha value is -3.59. The summed E-state index contributed by atoms with van der Waals surface area (Å²) in [5.41, 5.74) is 2.18. The second kappa shape index (κ2) is 10.4. The van der Waals surface area contributed by atoms with Gasteiger partial charge in [-0.15, -0.1) is 0 Å². The molecule has 1 amide bonds. The van der Waals surface area contributed by atoms with E-state index in [2.05, 4.69) is 11.4 Å². The van der Waals surface area contributed by atoms with Gasteiger partial charge in [0.25, 0.3) is 5.91 Å². The maximum atomic E-state index is 11.9. The van der Waals surface area contributed by atoms with Crippen LogP contribution in [0.2, 0.25) is 0 Å². The summed E-state index contributed by atoms with van der Waals surface area (Å²) in [6.45, 7) is 2.01. The molecule has 2 rings (SSSR count). The van der Waals surface area contributed by atoms with Gasteiger partial charge in [0.15, 0.2) is 6.61 Å². The summed E-state index contributed by atoms with van der Waals surface area (Å²) >= 11 is 0. The second-order valence-corrected chi connectivity index (χ2v) is 5.49. The Kier molecular flexibility index (Phi) is 7.61. The van der Waals surface area contributed by atoms with E-state index in [9.17, 15) is 9.59 Å². The fourth-order valence-electron chi connectivity index (χ4n) is 2.24. The minimum Gasteiger partial charge on any atom is -0.493 e. The van der Waals surface area contributed by atoms with Gasteiger partial charge in [-0.2, -0.15) is 5.26 Å². The number of benzene rings is 2. The van der Waals surface area contributed by atoms with E-state index >= 15 is 0 Å². The predicted octanol–water partition coefficient (Wildman–Crippen LogP) is 3.35. The molecule has 2 aromatic carbocycles. The van der Waals surface area contributed by atoms with Crippen molar-refractivity contribution >= 4 is 23.6 Å². The summed E-state index contributed by atoms with van der Waals surface area (Å²) in [5, 5.41) is 11.3. The molecule has 0 aromatic heterocycles. The molecule has 0 fully saturated rings. The molecule has 0 aliphatic heterocycles. The highest BCUT2D eigenvalue weighted by Gasteiger charge is 2.06. The van der Waals surface area contributed by atoms with Crippen LogP contribution >= 0.6 is 0 Å². The third-order valence-electron chi connectivity index (χ3n) is 3.48. The zero-order chi connectivity index (χ0) is 19.5. The minimum atomic E-state index is -0.624. The first-order chi connectivity index (χ1) is 13.1. The van der Waals surface area contributed by atoms with Crippen LogP contribution in [0.1, 0.15) is 18.1 Å². The van der Waals surface area contributed by atoms with Crippen molar-refractivity contribution in [1.29, 1.82) is 5.26 Å². The number of esters is 1. The zero-order valence-electron chi connectivity index (χ0n) is 15.0. The molecule has 0 aliphatic carbocycles. The average Bonchev–Trinajstić information content (AvgIpc) is 2.68. The van der Waals surface area contributed by atoms with Crippen molar-refractivity contribution in [3.63, 3.8) is 0 Å². The Balaban J connectivity index is 1.82. The molecule has 6 nitrogen and oxygen atoms in total. The van der Waals surface area contributed by atoms with Crippen molar-refractivity contribution in [3.05, 3.63) is 65.7 Å². The largest absolute Gasteiger partial charge is 0.493 e. The molecule has 0 atom stereocenters. The van der Waals surface area contributed by atoms with Gasteiger partial charge in [0.2, 0.25) is 0 Å². The van der Waals surface area contributed by atoms with Gasteiger partial charge in [-0.25, -0.2) is 4.79 Å². The molecule has 1 N–H and O–H groups in total. The number of ether oxygens (including phenoxy) is 2. The van der Waals surface area contributed by atoms with Crippen molar-refractivity contribution in [3.8, 4) is 11.8 Å². The standard InChI is InChI=1S/C21H20N2O4/c1-2-26-19-6-4-3-5-17(19)9-12-21(25)27-15-20(24)23-18-10-7-16(8-11-18)13-14-22/h3-12H,2,13,15H2,1H3,(H,23,24)/b12-9+. The molecule has 0 aliphatic rings. The lowest BCUT2D eigenvalue weighted by Crippen LogP contribution is -2.20. The predicted molar refractivity (Wildman–Crippen MR) is 102 cm³/mol. The van der Waals surface area contributed by atoms with E-state index in [0.29, 0.717) is 24.5 Å². The van der Waals surface area contributed by atoms with Crippen LogP contribution in [0.3, 0.4) is 0 Å². The summed E-state index contributed by atoms with van der Waals surface area (Å²) < 4.78 is 10.4. The van der Waals surface area contributed by atoms with Gasteiger partial charge in [0.1, 0.15) is 5.75 Å². The minimum absolute atomic E-state index is 0.310. The van der Waals surface area contributed by atoms with Crippen LogP contribution in [0.4, 0.5) is 5.69 Å². The second-order valence-electron chi connectivity index (χ2n) is 5.49. The fraction of sp³-hybridized carbons (Fsp3) is 0.190. The van der Waals surface area contributed by atoms with Crippen molar-refractivity contribution < 1.29 is 19.1 Å². The number of nitriles is 1. The van der Waals surface area contributed by atoms with Crippen LogP contribution in [0.5, 0.6) is 5.75 Å². The van der Waals surface area contributed by atoms with Crippen LogP contribution in [0.15, 0.2) is 54.6 Å². The number of hydrogen-bond acceptors (Lipinski definition) is 5. The lowest BCUT2D eigenvalue weighted by molar-refractivity contribution is -0.142. The quantitative estimate of drug-likeness (QED) is 0.573. The van der Waals surface area contributed by atoms with Gasteiger partial charge in [-0.1, -0.05) is 30.3 Å². The van der Waals surface area contributed by atoms with Crippen molar-refractivity contribution in [2.45, 2.75) is 13.3 Å². The van der Waals surface area contributed by atoms with Gasteiger partial charge in [-0.05, 0) is 36.8 Å². The Morgan fingerprint density at radius 2 is 1.89 bits per heavy atom. The number of anilines is 1. The average molecular weight is 364 g/mol. The molecule has 0 unspecified atom stereocenters. The SMILES string of the molecule is CCOc1ccccc1/C=C/C(=O)OCC(=O)Nc1ccc(CC#N)cc1. The van der Waals surface area contributed by atoms with Crippen molar-refractivity contribution in [1.82, 2.24) is 0 Å². The maximum Gasteiger partial charge on any atom is 0.331 e. The van der Waals surface area contributed by atoms with E-state index in [1.54, 1.807) is 30.3 Å². The number of rotatable bonds is 8. The van der Waals surface area contributed by atoms with Crippen LogP contribution < -0.4 is 10.1 Å². The smallest absolute Gasteiger partial charge is 0.331 e. The van der Waals surface area contributed by atoms with Gasteiger partial charge in [0, 0.05) is 17.3 Å². The molecule has 0 heterocycles. The van der Waals surface area contributed by atoms with Crippen LogP contribution in [0.25, 0.3) is 6.08 Å². The van der Waals surface area contributed by atoms with Crippen LogP contribution in [-0.2, 0) is 20.7 Å². The summed E-state index contributed by atoms with van der Waals surface area (Å²) in [7, 11) is 0. The Bertz CT molecular complexity index is 851. The molecule has 0 bridgehead atoms. The number of carbonyl (C=O) groups is 2. The van der Waals surface area contributed by atoms with Crippen molar-refractivity contribution in [2.75, 3.05) is 18.5 Å². The van der Waals surface area contributed by atoms with Crippen LogP contribution in [-0.4, -0.2) is 25.1 Å². The highest BCUT2D eigenvalue weighted by atomic mass is 16.5. The number of amides is 1. The van der Waals surface area contributed by atoms with Gasteiger partial charge in [-0.3, -0.25) is 4.79 Å². The Morgan fingerprint density at radius 1 is 1.15 bits per heavy atom. The summed E-state index contributed by atoms with van der Waals surface area (Å²) in [5.74, 6) is -0.401. The van der Waals surface area contributed by atoms with Gasteiger partial charge >= 0.3 is 5.97 Å². The number of nitrogens with zero attached hydrogens (tertiary/aromatic N) is 1. The monoisotopic (exact) mass is 364 g/mol. The molecule has 138 valence electrons. The fourth-order valence-corrected chi connectivity index (χ4v) is 2.24. The number of nitrogens with one attached hydrogen (secondary N) is 1. The first kappa shape index (κ1) is 19.7. The molecule has 0 saturated heterocycles. The molecular weight excluding hydrogens is 344 g/mol. The number of carbonyl (C=O) groups excluding carboxylic acids is 2. The molecule has 0 radical (unpaired) electrons. The van der Waals surface area contributed by atoms with E-state index in [4.69, 9.17) is 14.7 Å². The lowest BCUT2D eigenvalue weighted by Gasteiger charge is -2.07. The normalized spacial score (nSPS) is 10.2. The Labute approximate surface area is 158 Å². The zero-order valence-corrected chi connectivity index (χ0v) is 15.0. The highest BCUT2D eigenvalue weighted by molar-refractivity contribution is 5.94. The Morgan fingerprint density at radius 3 is 2.59 bits per heavy atom. The molecule has 27 heavy (non-hydrogen) atoms. The number of hydrogen-bond donors (Lipinski definition) is 1. The van der Waals surface area contributed by atoms with E-state index in [1.165, 1.54) is 6.08 Å². The molecule has 0 saturated carbocycles. The van der Waals surface area contributed by atoms with Gasteiger partial charge < -0.3 is 14.8 Å². The van der Waals surface area contributed by atoms with E-state index in [-0.39, 0.29) is 0 Å². The van der Waals surface area contributed by atoms with E-state index in [0.717, 1.165) is 11.1 Å². The molecule has 2 aromatic rings. The molecule has 6 heteroatoms. The number of para-hydroxylation sites is 1. The lowest BCUT2D eigenvalue weighted by atomic mass is 10.1. The van der Waals surface area contributed by atoms with E-state index < -0.39 is 18.5 Å². The molecule has 0 spiro atoms. The van der Waals surface area contributed by atoms with Crippen LogP contribution in [0, 0.1) is 11.3 Å². The third-order valence-corrected chi connectivity index (χ3v) is 3.48.